The maximum absolute atomic E-state index is 14.2. The molecule has 0 saturated carbocycles. The number of aliphatic hydroxyl groups excluding tert-OH is 1. The van der Waals surface area contributed by atoms with Crippen molar-refractivity contribution < 1.29 is 9.50 Å². The second kappa shape index (κ2) is 5.55. The number of anilines is 1. The summed E-state index contributed by atoms with van der Waals surface area (Å²) < 4.78 is 14.2. The lowest BCUT2D eigenvalue weighted by Crippen LogP contribution is -2.33. The van der Waals surface area contributed by atoms with Gasteiger partial charge in [0.1, 0.15) is 11.3 Å². The van der Waals surface area contributed by atoms with Gasteiger partial charge in [-0.2, -0.15) is 0 Å². The SMILES string of the molecule is CSc1ncc2c(N3CC[C@H](O)[C@@H]3C)nc(Cl)c(F)c2n1. The van der Waals surface area contributed by atoms with Crippen molar-refractivity contribution in [2.24, 2.45) is 0 Å². The lowest BCUT2D eigenvalue weighted by Gasteiger charge is -2.25. The zero-order valence-electron chi connectivity index (χ0n) is 11.5. The summed E-state index contributed by atoms with van der Waals surface area (Å²) >= 11 is 7.24. The number of rotatable bonds is 2. The molecule has 2 atom stereocenters. The van der Waals surface area contributed by atoms with E-state index in [1.165, 1.54) is 11.8 Å². The fourth-order valence-corrected chi connectivity index (χ4v) is 3.05. The summed E-state index contributed by atoms with van der Waals surface area (Å²) in [6.07, 6.45) is 3.59. The normalized spacial score (nSPS) is 22.2. The van der Waals surface area contributed by atoms with Crippen molar-refractivity contribution in [1.82, 2.24) is 15.0 Å². The molecule has 2 aromatic rings. The molecule has 0 spiro atoms. The zero-order chi connectivity index (χ0) is 15.1. The van der Waals surface area contributed by atoms with Gasteiger partial charge in [-0.3, -0.25) is 0 Å². The number of thioether (sulfide) groups is 1. The third kappa shape index (κ3) is 2.43. The summed E-state index contributed by atoms with van der Waals surface area (Å²) in [5.74, 6) is -0.117. The van der Waals surface area contributed by atoms with E-state index >= 15 is 0 Å². The summed E-state index contributed by atoms with van der Waals surface area (Å²) in [6, 6.07) is -0.109. The van der Waals surface area contributed by atoms with Gasteiger partial charge in [-0.25, -0.2) is 19.3 Å². The highest BCUT2D eigenvalue weighted by molar-refractivity contribution is 7.98. The molecule has 21 heavy (non-hydrogen) atoms. The number of fused-ring (bicyclic) bond motifs is 1. The van der Waals surface area contributed by atoms with Gasteiger partial charge in [0.2, 0.25) is 0 Å². The topological polar surface area (TPSA) is 62.1 Å². The monoisotopic (exact) mass is 328 g/mol. The number of halogens is 2. The first-order chi connectivity index (χ1) is 10.0. The third-order valence-corrected chi connectivity index (χ3v) is 4.58. The Morgan fingerprint density at radius 2 is 2.24 bits per heavy atom. The van der Waals surface area contributed by atoms with E-state index in [1.54, 1.807) is 6.20 Å². The first kappa shape index (κ1) is 14.7. The lowest BCUT2D eigenvalue weighted by molar-refractivity contribution is 0.170. The summed E-state index contributed by atoms with van der Waals surface area (Å²) in [7, 11) is 0. The van der Waals surface area contributed by atoms with Crippen LogP contribution in [0.25, 0.3) is 10.9 Å². The average molecular weight is 329 g/mol. The summed E-state index contributed by atoms with van der Waals surface area (Å²) in [5, 5.41) is 10.7. The molecular weight excluding hydrogens is 315 g/mol. The number of nitrogens with zero attached hydrogens (tertiary/aromatic N) is 4. The van der Waals surface area contributed by atoms with Gasteiger partial charge in [-0.1, -0.05) is 23.4 Å². The molecule has 1 saturated heterocycles. The van der Waals surface area contributed by atoms with Crippen LogP contribution in [0.2, 0.25) is 5.15 Å². The molecule has 0 bridgehead atoms. The first-order valence-corrected chi connectivity index (χ1v) is 8.13. The Kier molecular flexibility index (Phi) is 3.90. The first-order valence-electron chi connectivity index (χ1n) is 6.53. The van der Waals surface area contributed by atoms with Crippen molar-refractivity contribution in [2.75, 3.05) is 17.7 Å². The second-order valence-corrected chi connectivity index (χ2v) is 6.08. The predicted octanol–water partition coefficient (Wildman–Crippen LogP) is 2.50. The van der Waals surface area contributed by atoms with E-state index in [4.69, 9.17) is 11.6 Å². The molecule has 1 fully saturated rings. The molecular formula is C13H14ClFN4OS. The molecule has 5 nitrogen and oxygen atoms in total. The van der Waals surface area contributed by atoms with Crippen LogP contribution in [-0.2, 0) is 0 Å². The van der Waals surface area contributed by atoms with E-state index < -0.39 is 11.9 Å². The molecule has 112 valence electrons. The van der Waals surface area contributed by atoms with Crippen LogP contribution in [0.5, 0.6) is 0 Å². The molecule has 1 N–H and O–H groups in total. The van der Waals surface area contributed by atoms with E-state index in [1.807, 2.05) is 18.1 Å². The molecule has 0 aliphatic carbocycles. The van der Waals surface area contributed by atoms with Crippen LogP contribution in [0, 0.1) is 5.82 Å². The Morgan fingerprint density at radius 3 is 2.86 bits per heavy atom. The van der Waals surface area contributed by atoms with Crippen LogP contribution in [0.3, 0.4) is 0 Å². The van der Waals surface area contributed by atoms with E-state index in [2.05, 4.69) is 15.0 Å². The van der Waals surface area contributed by atoms with Crippen LogP contribution < -0.4 is 4.90 Å². The Bertz CT molecular complexity index is 701. The van der Waals surface area contributed by atoms with Crippen molar-refractivity contribution in [2.45, 2.75) is 30.6 Å². The number of pyridine rings is 1. The molecule has 0 amide bonds. The number of hydrogen-bond acceptors (Lipinski definition) is 6. The van der Waals surface area contributed by atoms with Gasteiger partial charge >= 0.3 is 0 Å². The second-order valence-electron chi connectivity index (χ2n) is 4.95. The summed E-state index contributed by atoms with van der Waals surface area (Å²) in [6.45, 7) is 2.54. The minimum absolute atomic E-state index is 0.109. The minimum atomic E-state index is -0.638. The molecule has 3 rings (SSSR count). The lowest BCUT2D eigenvalue weighted by atomic mass is 10.2. The molecule has 2 aromatic heterocycles. The molecule has 1 aliphatic rings. The highest BCUT2D eigenvalue weighted by atomic mass is 35.5. The summed E-state index contributed by atoms with van der Waals surface area (Å²) in [5.41, 5.74) is 0.165. The number of aliphatic hydroxyl groups is 1. The predicted molar refractivity (Wildman–Crippen MR) is 81.5 cm³/mol. The van der Waals surface area contributed by atoms with Crippen molar-refractivity contribution in [3.63, 3.8) is 0 Å². The van der Waals surface area contributed by atoms with Crippen molar-refractivity contribution in [3.8, 4) is 0 Å². The highest BCUT2D eigenvalue weighted by Crippen LogP contribution is 2.33. The van der Waals surface area contributed by atoms with Gasteiger partial charge in [0.15, 0.2) is 16.1 Å². The molecule has 0 aromatic carbocycles. The largest absolute Gasteiger partial charge is 0.391 e. The Balaban J connectivity index is 2.21. The van der Waals surface area contributed by atoms with E-state index in [0.717, 1.165) is 0 Å². The standard InChI is InChI=1S/C13H14ClFN4OS/c1-6-8(20)3-4-19(6)12-7-5-16-13(21-2)17-10(7)9(15)11(14)18-12/h5-6,8,20H,3-4H2,1-2H3/t6-,8-/m0/s1. The minimum Gasteiger partial charge on any atom is -0.391 e. The van der Waals surface area contributed by atoms with Gasteiger partial charge in [-0.15, -0.1) is 0 Å². The van der Waals surface area contributed by atoms with Gasteiger partial charge in [0.25, 0.3) is 0 Å². The smallest absolute Gasteiger partial charge is 0.187 e. The maximum Gasteiger partial charge on any atom is 0.187 e. The van der Waals surface area contributed by atoms with Gasteiger partial charge in [-0.05, 0) is 19.6 Å². The van der Waals surface area contributed by atoms with Crippen molar-refractivity contribution in [1.29, 1.82) is 0 Å². The molecule has 1 aliphatic heterocycles. The van der Waals surface area contributed by atoms with Crippen molar-refractivity contribution in [3.05, 3.63) is 17.2 Å². The van der Waals surface area contributed by atoms with Crippen LogP contribution in [0.15, 0.2) is 11.4 Å². The summed E-state index contributed by atoms with van der Waals surface area (Å²) in [4.78, 5) is 14.4. The average Bonchev–Trinajstić information content (AvgIpc) is 2.82. The van der Waals surface area contributed by atoms with Crippen LogP contribution in [-0.4, -0.2) is 45.0 Å². The van der Waals surface area contributed by atoms with Crippen LogP contribution in [0.4, 0.5) is 10.2 Å². The van der Waals surface area contributed by atoms with Gasteiger partial charge < -0.3 is 10.0 Å². The van der Waals surface area contributed by atoms with Crippen LogP contribution in [0.1, 0.15) is 13.3 Å². The zero-order valence-corrected chi connectivity index (χ0v) is 13.1. The fourth-order valence-electron chi connectivity index (χ4n) is 2.54. The molecule has 0 radical (unpaired) electrons. The maximum atomic E-state index is 14.2. The van der Waals surface area contributed by atoms with E-state index in [0.29, 0.717) is 29.3 Å². The van der Waals surface area contributed by atoms with Crippen LogP contribution >= 0.6 is 23.4 Å². The Morgan fingerprint density at radius 1 is 1.48 bits per heavy atom. The molecule has 8 heteroatoms. The number of hydrogen-bond donors (Lipinski definition) is 1. The van der Waals surface area contributed by atoms with Crippen molar-refractivity contribution >= 4 is 40.1 Å². The molecule has 0 unspecified atom stereocenters. The Labute approximate surface area is 130 Å². The number of aromatic nitrogens is 3. The van der Waals surface area contributed by atoms with Gasteiger partial charge in [0.05, 0.1) is 17.5 Å². The molecule has 3 heterocycles. The Hall–Kier alpha value is -1.18. The highest BCUT2D eigenvalue weighted by Gasteiger charge is 2.32. The van der Waals surface area contributed by atoms with E-state index in [9.17, 15) is 9.50 Å². The van der Waals surface area contributed by atoms with Gasteiger partial charge in [0, 0.05) is 12.7 Å². The quantitative estimate of drug-likeness (QED) is 0.519. The third-order valence-electron chi connectivity index (χ3n) is 3.77. The fraction of sp³-hybridized carbons (Fsp3) is 0.462. The van der Waals surface area contributed by atoms with E-state index in [-0.39, 0.29) is 16.7 Å².